The molecule has 0 spiro atoms. The van der Waals surface area contributed by atoms with Crippen molar-refractivity contribution < 1.29 is 31.1 Å². The van der Waals surface area contributed by atoms with Crippen molar-refractivity contribution in [3.8, 4) is 0 Å². The molecule has 0 amide bonds. The van der Waals surface area contributed by atoms with Gasteiger partial charge in [0.2, 0.25) is 17.8 Å². The van der Waals surface area contributed by atoms with Gasteiger partial charge in [-0.25, -0.2) is 0 Å². The molecule has 4 rings (SSSR count). The van der Waals surface area contributed by atoms with Crippen molar-refractivity contribution in [2.75, 3.05) is 28.6 Å². The van der Waals surface area contributed by atoms with Crippen molar-refractivity contribution in [3.63, 3.8) is 0 Å². The van der Waals surface area contributed by atoms with Gasteiger partial charge in [0.25, 0.3) is 0 Å². The van der Waals surface area contributed by atoms with E-state index < -0.39 is 23.5 Å². The van der Waals surface area contributed by atoms with Gasteiger partial charge in [0, 0.05) is 24.3 Å². The summed E-state index contributed by atoms with van der Waals surface area (Å²) in [5.74, 6) is -0.318. The van der Waals surface area contributed by atoms with Gasteiger partial charge in [-0.2, -0.15) is 41.3 Å². The smallest absolute Gasteiger partial charge is 0.333 e. The van der Waals surface area contributed by atoms with Crippen LogP contribution in [0.4, 0.5) is 55.6 Å². The number of hydrogen-bond donors (Lipinski definition) is 2. The molecule has 3 aromatic rings. The Hall–Kier alpha value is -3.90. The highest BCUT2D eigenvalue weighted by atomic mass is 19.4. The molecule has 2 aromatic carbocycles. The maximum atomic E-state index is 13.0. The summed E-state index contributed by atoms with van der Waals surface area (Å²) in [6.45, 7) is 0.338. The molecule has 1 aliphatic heterocycles. The van der Waals surface area contributed by atoms with Gasteiger partial charge in [-0.1, -0.05) is 12.1 Å². The number of nitrogens with zero attached hydrogens (tertiary/aromatic N) is 4. The second kappa shape index (κ2) is 8.80. The zero-order valence-corrected chi connectivity index (χ0v) is 17.2. The zero-order valence-electron chi connectivity index (χ0n) is 17.2. The molecule has 1 aliphatic rings. The molecule has 2 N–H and O–H groups in total. The molecule has 1 aromatic heterocycles. The van der Waals surface area contributed by atoms with E-state index in [1.54, 1.807) is 4.90 Å². The van der Waals surface area contributed by atoms with Crippen molar-refractivity contribution in [2.24, 2.45) is 0 Å². The molecule has 0 radical (unpaired) electrons. The maximum Gasteiger partial charge on any atom is 0.416 e. The minimum absolute atomic E-state index is 0.0238. The van der Waals surface area contributed by atoms with Crippen LogP contribution in [0, 0.1) is 0 Å². The van der Waals surface area contributed by atoms with Crippen LogP contribution in [-0.4, -0.2) is 33.8 Å². The van der Waals surface area contributed by atoms with E-state index in [-0.39, 0.29) is 48.0 Å². The highest BCUT2D eigenvalue weighted by Crippen LogP contribution is 2.33. The van der Waals surface area contributed by atoms with E-state index >= 15 is 0 Å². The number of alkyl halides is 6. The van der Waals surface area contributed by atoms with Gasteiger partial charge in [0.1, 0.15) is 0 Å². The van der Waals surface area contributed by atoms with E-state index in [2.05, 4.69) is 25.6 Å². The summed E-state index contributed by atoms with van der Waals surface area (Å²) in [5.41, 5.74) is -1.71. The number of benzene rings is 2. The summed E-state index contributed by atoms with van der Waals surface area (Å²) < 4.78 is 78.2. The minimum Gasteiger partial charge on any atom is -0.333 e. The van der Waals surface area contributed by atoms with Crippen LogP contribution in [-0.2, 0) is 17.1 Å². The SMILES string of the molecule is O=C1CCN(c2nc(Nc3cccc(C(F)(F)F)c3)nc(Nc3cccc(C(F)(F)F)c3)n2)C1. The van der Waals surface area contributed by atoms with Gasteiger partial charge in [-0.3, -0.25) is 4.79 Å². The fraction of sp³-hybridized carbons (Fsp3) is 0.238. The maximum absolute atomic E-state index is 13.0. The first-order chi connectivity index (χ1) is 16.0. The van der Waals surface area contributed by atoms with Crippen molar-refractivity contribution in [2.45, 2.75) is 18.8 Å². The lowest BCUT2D eigenvalue weighted by Crippen LogP contribution is -2.23. The van der Waals surface area contributed by atoms with E-state index in [0.29, 0.717) is 6.54 Å². The monoisotopic (exact) mass is 482 g/mol. The van der Waals surface area contributed by atoms with Gasteiger partial charge in [0.15, 0.2) is 5.78 Å². The summed E-state index contributed by atoms with van der Waals surface area (Å²) >= 11 is 0. The highest BCUT2D eigenvalue weighted by Gasteiger charge is 2.31. The molecule has 34 heavy (non-hydrogen) atoms. The average Bonchev–Trinajstić information content (AvgIpc) is 3.19. The van der Waals surface area contributed by atoms with E-state index in [1.807, 2.05) is 0 Å². The second-order valence-corrected chi connectivity index (χ2v) is 7.40. The number of ketones is 1. The van der Waals surface area contributed by atoms with Gasteiger partial charge in [-0.05, 0) is 36.4 Å². The number of hydrogen-bond acceptors (Lipinski definition) is 7. The first-order valence-electron chi connectivity index (χ1n) is 9.89. The van der Waals surface area contributed by atoms with Crippen LogP contribution in [0.3, 0.4) is 0 Å². The van der Waals surface area contributed by atoms with Crippen molar-refractivity contribution in [1.29, 1.82) is 0 Å². The molecule has 7 nitrogen and oxygen atoms in total. The Labute approximate surface area is 188 Å². The number of nitrogens with one attached hydrogen (secondary N) is 2. The van der Waals surface area contributed by atoms with Crippen molar-refractivity contribution in [3.05, 3.63) is 59.7 Å². The Morgan fingerprint density at radius 2 is 1.26 bits per heavy atom. The second-order valence-electron chi connectivity index (χ2n) is 7.40. The Bertz CT molecular complexity index is 1140. The lowest BCUT2D eigenvalue weighted by Gasteiger charge is -2.17. The van der Waals surface area contributed by atoms with Crippen LogP contribution in [0.2, 0.25) is 0 Å². The quantitative estimate of drug-likeness (QED) is 0.485. The highest BCUT2D eigenvalue weighted by molar-refractivity contribution is 5.86. The van der Waals surface area contributed by atoms with E-state index in [1.165, 1.54) is 24.3 Å². The summed E-state index contributed by atoms with van der Waals surface area (Å²) in [6.07, 6.45) is -8.86. The van der Waals surface area contributed by atoms with Gasteiger partial charge in [0.05, 0.1) is 17.7 Å². The topological polar surface area (TPSA) is 83.0 Å². The Balaban J connectivity index is 1.67. The number of halogens is 6. The van der Waals surface area contributed by atoms with E-state index in [9.17, 15) is 31.1 Å². The number of carbonyl (C=O) groups excluding carboxylic acids is 1. The first kappa shape index (κ1) is 23.3. The third-order valence-corrected chi connectivity index (χ3v) is 4.83. The normalized spacial score (nSPS) is 14.4. The molecule has 2 heterocycles. The Kier molecular flexibility index (Phi) is 6.02. The summed E-state index contributed by atoms with van der Waals surface area (Å²) in [5, 5.41) is 5.32. The standard InChI is InChI=1S/C21H16F6N6O/c22-20(23,24)12-3-1-5-14(9-12)28-17-30-18(32-19(31-17)33-8-7-16(34)11-33)29-15-6-2-4-13(10-15)21(25,26)27/h1-6,9-10H,7-8,11H2,(H2,28,29,30,31,32). The number of Topliss-reactive ketones (excluding diaryl/α,β-unsaturated/α-hetero) is 1. The molecule has 178 valence electrons. The molecule has 13 heteroatoms. The Morgan fingerprint density at radius 3 is 1.68 bits per heavy atom. The fourth-order valence-electron chi connectivity index (χ4n) is 3.22. The van der Waals surface area contributed by atoms with Crippen LogP contribution in [0.25, 0.3) is 0 Å². The zero-order chi connectivity index (χ0) is 24.5. The molecule has 1 saturated heterocycles. The predicted octanol–water partition coefficient (Wildman–Crippen LogP) is 5.18. The molecule has 0 unspecified atom stereocenters. The molecular formula is C21H16F6N6O. The van der Waals surface area contributed by atoms with Gasteiger partial charge >= 0.3 is 12.4 Å². The fourth-order valence-corrected chi connectivity index (χ4v) is 3.22. The lowest BCUT2D eigenvalue weighted by molar-refractivity contribution is -0.138. The van der Waals surface area contributed by atoms with E-state index in [0.717, 1.165) is 24.3 Å². The third kappa shape index (κ3) is 5.53. The molecule has 0 atom stereocenters. The first-order valence-corrected chi connectivity index (χ1v) is 9.89. The molecular weight excluding hydrogens is 466 g/mol. The number of rotatable bonds is 5. The van der Waals surface area contributed by atoms with Crippen LogP contribution in [0.15, 0.2) is 48.5 Å². The van der Waals surface area contributed by atoms with Crippen molar-refractivity contribution in [1.82, 2.24) is 15.0 Å². The van der Waals surface area contributed by atoms with Crippen molar-refractivity contribution >= 4 is 35.0 Å². The van der Waals surface area contributed by atoms with Crippen LogP contribution in [0.1, 0.15) is 17.5 Å². The largest absolute Gasteiger partial charge is 0.416 e. The van der Waals surface area contributed by atoms with Gasteiger partial charge in [-0.15, -0.1) is 0 Å². The number of carbonyl (C=O) groups is 1. The number of aromatic nitrogens is 3. The predicted molar refractivity (Wildman–Crippen MR) is 111 cm³/mol. The third-order valence-electron chi connectivity index (χ3n) is 4.83. The molecule has 0 saturated carbocycles. The van der Waals surface area contributed by atoms with Crippen LogP contribution in [0.5, 0.6) is 0 Å². The summed E-state index contributed by atoms with van der Waals surface area (Å²) in [4.78, 5) is 25.7. The molecule has 0 aliphatic carbocycles. The van der Waals surface area contributed by atoms with Crippen LogP contribution >= 0.6 is 0 Å². The molecule has 0 bridgehead atoms. The summed E-state index contributed by atoms with van der Waals surface area (Å²) in [6, 6.07) is 8.69. The van der Waals surface area contributed by atoms with E-state index in [4.69, 9.17) is 0 Å². The lowest BCUT2D eigenvalue weighted by atomic mass is 10.2. The summed E-state index contributed by atoms with van der Waals surface area (Å²) in [7, 11) is 0. The Morgan fingerprint density at radius 1 is 0.765 bits per heavy atom. The van der Waals surface area contributed by atoms with Gasteiger partial charge < -0.3 is 15.5 Å². The minimum atomic E-state index is -4.56. The molecule has 1 fully saturated rings. The number of anilines is 5. The van der Waals surface area contributed by atoms with Crippen LogP contribution < -0.4 is 15.5 Å². The average molecular weight is 482 g/mol.